The number of nitrogens with zero attached hydrogens (tertiary/aromatic N) is 2. The molecule has 2 heterocycles. The number of nitrogens with one attached hydrogen (secondary N) is 1. The van der Waals surface area contributed by atoms with Gasteiger partial charge in [-0.2, -0.15) is 0 Å². The molecule has 6 nitrogen and oxygen atoms in total. The second kappa shape index (κ2) is 5.48. The Morgan fingerprint density at radius 1 is 1.20 bits per heavy atom. The van der Waals surface area contributed by atoms with Gasteiger partial charge < -0.3 is 10.4 Å². The number of carboxylic acid groups (broad SMARTS) is 1. The Morgan fingerprint density at radius 3 is 2.55 bits per heavy atom. The van der Waals surface area contributed by atoms with Crippen LogP contribution in [0.5, 0.6) is 0 Å². The van der Waals surface area contributed by atoms with Crippen molar-refractivity contribution in [3.05, 3.63) is 53.1 Å². The van der Waals surface area contributed by atoms with Gasteiger partial charge in [0, 0.05) is 6.20 Å². The van der Waals surface area contributed by atoms with Gasteiger partial charge in [0.25, 0.3) is 5.91 Å². The van der Waals surface area contributed by atoms with Crippen LogP contribution in [0, 0.1) is 13.8 Å². The summed E-state index contributed by atoms with van der Waals surface area (Å²) in [5.74, 6) is -1.47. The topological polar surface area (TPSA) is 92.2 Å². The third-order valence-corrected chi connectivity index (χ3v) is 2.68. The molecule has 0 aliphatic rings. The van der Waals surface area contributed by atoms with Crippen molar-refractivity contribution >= 4 is 17.6 Å². The van der Waals surface area contributed by atoms with Crippen LogP contribution < -0.4 is 5.32 Å². The standard InChI is InChI=1S/C14H13N3O3/c1-8-5-10(7-15-6-8)17-13(18)12-4-3-11(14(19)20)9(2)16-12/h3-7H,1-2H3,(H,17,18)(H,19,20). The van der Waals surface area contributed by atoms with Crippen molar-refractivity contribution in [3.8, 4) is 0 Å². The van der Waals surface area contributed by atoms with Crippen LogP contribution in [-0.2, 0) is 0 Å². The van der Waals surface area contributed by atoms with Crippen molar-refractivity contribution in [1.82, 2.24) is 9.97 Å². The fraction of sp³-hybridized carbons (Fsp3) is 0.143. The summed E-state index contributed by atoms with van der Waals surface area (Å²) in [5, 5.41) is 11.6. The monoisotopic (exact) mass is 271 g/mol. The maximum atomic E-state index is 12.0. The van der Waals surface area contributed by atoms with E-state index in [1.54, 1.807) is 19.2 Å². The minimum Gasteiger partial charge on any atom is -0.478 e. The molecule has 0 fully saturated rings. The Labute approximate surface area is 115 Å². The van der Waals surface area contributed by atoms with Crippen molar-refractivity contribution in [1.29, 1.82) is 0 Å². The molecule has 0 spiro atoms. The van der Waals surface area contributed by atoms with E-state index in [0.717, 1.165) is 5.56 Å². The second-order valence-electron chi connectivity index (χ2n) is 4.34. The third kappa shape index (κ3) is 2.97. The summed E-state index contributed by atoms with van der Waals surface area (Å²) >= 11 is 0. The number of carbonyl (C=O) groups is 2. The van der Waals surface area contributed by atoms with E-state index < -0.39 is 11.9 Å². The molecule has 0 saturated heterocycles. The van der Waals surface area contributed by atoms with Crippen LogP contribution >= 0.6 is 0 Å². The summed E-state index contributed by atoms with van der Waals surface area (Å²) in [6, 6.07) is 4.53. The van der Waals surface area contributed by atoms with E-state index in [9.17, 15) is 9.59 Å². The molecule has 0 radical (unpaired) electrons. The SMILES string of the molecule is Cc1cncc(NC(=O)c2ccc(C(=O)O)c(C)n2)c1. The molecule has 0 aromatic carbocycles. The first-order valence-corrected chi connectivity index (χ1v) is 5.91. The average Bonchev–Trinajstić information content (AvgIpc) is 2.38. The number of hydrogen-bond acceptors (Lipinski definition) is 4. The number of carbonyl (C=O) groups excluding carboxylic acids is 1. The molecule has 0 aliphatic heterocycles. The maximum Gasteiger partial charge on any atom is 0.337 e. The van der Waals surface area contributed by atoms with Gasteiger partial charge >= 0.3 is 5.97 Å². The first kappa shape index (κ1) is 13.7. The highest BCUT2D eigenvalue weighted by atomic mass is 16.4. The zero-order valence-electron chi connectivity index (χ0n) is 11.0. The lowest BCUT2D eigenvalue weighted by atomic mass is 10.2. The summed E-state index contributed by atoms with van der Waals surface area (Å²) < 4.78 is 0. The van der Waals surface area contributed by atoms with Crippen LogP contribution in [-0.4, -0.2) is 27.0 Å². The molecule has 102 valence electrons. The number of rotatable bonds is 3. The molecule has 0 bridgehead atoms. The molecule has 0 unspecified atom stereocenters. The Kier molecular flexibility index (Phi) is 3.74. The molecule has 6 heteroatoms. The van der Waals surface area contributed by atoms with E-state index in [1.165, 1.54) is 18.3 Å². The van der Waals surface area contributed by atoms with Crippen molar-refractivity contribution in [2.75, 3.05) is 5.32 Å². The van der Waals surface area contributed by atoms with E-state index in [2.05, 4.69) is 15.3 Å². The summed E-state index contributed by atoms with van der Waals surface area (Å²) in [5.41, 5.74) is 2.03. The Balaban J connectivity index is 2.22. The van der Waals surface area contributed by atoms with E-state index in [4.69, 9.17) is 5.11 Å². The second-order valence-corrected chi connectivity index (χ2v) is 4.34. The predicted octanol–water partition coefficient (Wildman–Crippen LogP) is 2.04. The van der Waals surface area contributed by atoms with Gasteiger partial charge in [0.05, 0.1) is 23.1 Å². The van der Waals surface area contributed by atoms with Gasteiger partial charge in [0.15, 0.2) is 0 Å². The van der Waals surface area contributed by atoms with Crippen LogP contribution in [0.1, 0.15) is 32.1 Å². The van der Waals surface area contributed by atoms with Crippen LogP contribution in [0.2, 0.25) is 0 Å². The van der Waals surface area contributed by atoms with Crippen LogP contribution in [0.15, 0.2) is 30.6 Å². The zero-order valence-corrected chi connectivity index (χ0v) is 11.0. The molecule has 1 amide bonds. The first-order chi connectivity index (χ1) is 9.47. The quantitative estimate of drug-likeness (QED) is 0.891. The Morgan fingerprint density at radius 2 is 1.95 bits per heavy atom. The number of anilines is 1. The van der Waals surface area contributed by atoms with E-state index in [-0.39, 0.29) is 11.3 Å². The molecule has 20 heavy (non-hydrogen) atoms. The van der Waals surface area contributed by atoms with E-state index >= 15 is 0 Å². The normalized spacial score (nSPS) is 10.1. The van der Waals surface area contributed by atoms with Gasteiger partial charge in [-0.05, 0) is 37.6 Å². The van der Waals surface area contributed by atoms with Gasteiger partial charge in [-0.3, -0.25) is 9.78 Å². The molecular formula is C14H13N3O3. The smallest absolute Gasteiger partial charge is 0.337 e. The lowest BCUT2D eigenvalue weighted by Gasteiger charge is -2.06. The highest BCUT2D eigenvalue weighted by molar-refractivity contribution is 6.03. The number of pyridine rings is 2. The van der Waals surface area contributed by atoms with Gasteiger partial charge in [0.2, 0.25) is 0 Å². The molecule has 0 aliphatic carbocycles. The van der Waals surface area contributed by atoms with Gasteiger partial charge in [-0.25, -0.2) is 9.78 Å². The van der Waals surface area contributed by atoms with Gasteiger partial charge in [-0.1, -0.05) is 0 Å². The van der Waals surface area contributed by atoms with Crippen LogP contribution in [0.3, 0.4) is 0 Å². The molecule has 2 rings (SSSR count). The molecule has 0 saturated carbocycles. The van der Waals surface area contributed by atoms with Crippen LogP contribution in [0.25, 0.3) is 0 Å². The Bertz CT molecular complexity index is 683. The number of aromatic nitrogens is 2. The largest absolute Gasteiger partial charge is 0.478 e. The average molecular weight is 271 g/mol. The fourth-order valence-electron chi connectivity index (χ4n) is 1.73. The fourth-order valence-corrected chi connectivity index (χ4v) is 1.73. The maximum absolute atomic E-state index is 12.0. The molecule has 2 N–H and O–H groups in total. The molecular weight excluding hydrogens is 258 g/mol. The van der Waals surface area contributed by atoms with Crippen molar-refractivity contribution in [2.45, 2.75) is 13.8 Å². The third-order valence-electron chi connectivity index (χ3n) is 2.68. The number of amides is 1. The predicted molar refractivity (Wildman–Crippen MR) is 72.9 cm³/mol. The number of carboxylic acids is 1. The Hall–Kier alpha value is -2.76. The first-order valence-electron chi connectivity index (χ1n) is 5.91. The number of aromatic carboxylic acids is 1. The van der Waals surface area contributed by atoms with Gasteiger partial charge in [0.1, 0.15) is 5.69 Å². The summed E-state index contributed by atoms with van der Waals surface area (Å²) in [6.45, 7) is 3.42. The zero-order chi connectivity index (χ0) is 14.7. The van der Waals surface area contributed by atoms with Crippen molar-refractivity contribution in [3.63, 3.8) is 0 Å². The lowest BCUT2D eigenvalue weighted by Crippen LogP contribution is -2.15. The summed E-state index contributed by atoms with van der Waals surface area (Å²) in [7, 11) is 0. The minimum atomic E-state index is -1.06. The molecule has 2 aromatic heterocycles. The van der Waals surface area contributed by atoms with E-state index in [0.29, 0.717) is 11.4 Å². The minimum absolute atomic E-state index is 0.0822. The van der Waals surface area contributed by atoms with Crippen molar-refractivity contribution in [2.24, 2.45) is 0 Å². The van der Waals surface area contributed by atoms with Gasteiger partial charge in [-0.15, -0.1) is 0 Å². The highest BCUT2D eigenvalue weighted by Gasteiger charge is 2.13. The van der Waals surface area contributed by atoms with Crippen molar-refractivity contribution < 1.29 is 14.7 Å². The van der Waals surface area contributed by atoms with Crippen LogP contribution in [0.4, 0.5) is 5.69 Å². The van der Waals surface area contributed by atoms with E-state index in [1.807, 2.05) is 6.92 Å². The molecule has 2 aromatic rings. The summed E-state index contributed by atoms with van der Waals surface area (Å²) in [4.78, 5) is 30.9. The summed E-state index contributed by atoms with van der Waals surface area (Å²) in [6.07, 6.45) is 3.21. The number of aryl methyl sites for hydroxylation is 2. The number of hydrogen-bond donors (Lipinski definition) is 2. The highest BCUT2D eigenvalue weighted by Crippen LogP contribution is 2.11. The lowest BCUT2D eigenvalue weighted by molar-refractivity contribution is 0.0695. The molecule has 0 atom stereocenters.